The number of carbonyl (C=O) groups excluding carboxylic acids is 1. The van der Waals surface area contributed by atoms with Crippen molar-refractivity contribution in [3.05, 3.63) is 56.5 Å². The lowest BCUT2D eigenvalue weighted by Gasteiger charge is -2.06. The molecule has 0 aliphatic heterocycles. The molecular weight excluding hydrogens is 303 g/mol. The number of hydrogen-bond donors (Lipinski definition) is 1. The lowest BCUT2D eigenvalue weighted by molar-refractivity contribution is 0.0998. The van der Waals surface area contributed by atoms with E-state index in [1.807, 2.05) is 0 Å². The largest absolute Gasteiger partial charge is 0.507 e. The fourth-order valence-corrected chi connectivity index (χ4v) is 2.07. The normalized spacial score (nSPS) is 9.90. The minimum absolute atomic E-state index is 0.100. The summed E-state index contributed by atoms with van der Waals surface area (Å²) < 4.78 is 0. The van der Waals surface area contributed by atoms with Crippen molar-refractivity contribution in [1.82, 2.24) is 4.98 Å². The number of phenolic OH excluding ortho intramolecular Hbond substituents is 1. The lowest BCUT2D eigenvalue weighted by Crippen LogP contribution is -1.95. The summed E-state index contributed by atoms with van der Waals surface area (Å²) in [4.78, 5) is 17.8. The molecule has 100 valence electrons. The number of azide groups is 1. The van der Waals surface area contributed by atoms with Gasteiger partial charge in [0, 0.05) is 16.7 Å². The minimum Gasteiger partial charge on any atom is -0.507 e. The van der Waals surface area contributed by atoms with Gasteiger partial charge in [-0.05, 0) is 28.8 Å². The van der Waals surface area contributed by atoms with Crippen LogP contribution >= 0.6 is 23.2 Å². The number of phenols is 1. The first kappa shape index (κ1) is 14.1. The van der Waals surface area contributed by atoms with E-state index in [0.29, 0.717) is 21.3 Å². The van der Waals surface area contributed by atoms with Crippen molar-refractivity contribution >= 4 is 29.1 Å². The highest BCUT2D eigenvalue weighted by Crippen LogP contribution is 2.31. The summed E-state index contributed by atoms with van der Waals surface area (Å²) in [5.41, 5.74) is 9.01. The van der Waals surface area contributed by atoms with E-state index in [2.05, 4.69) is 15.0 Å². The van der Waals surface area contributed by atoms with Gasteiger partial charge >= 0.3 is 0 Å². The average molecular weight is 309 g/mol. The molecule has 0 unspecified atom stereocenters. The van der Waals surface area contributed by atoms with Gasteiger partial charge in [-0.2, -0.15) is 0 Å². The Morgan fingerprint density at radius 3 is 2.70 bits per heavy atom. The van der Waals surface area contributed by atoms with Gasteiger partial charge < -0.3 is 5.11 Å². The molecule has 0 aliphatic carbocycles. The quantitative estimate of drug-likeness (QED) is 0.511. The number of rotatable bonds is 2. The fraction of sp³-hybridized carbons (Fsp3) is 0. The molecule has 1 heterocycles. The number of carbonyl (C=O) groups is 1. The zero-order valence-corrected chi connectivity index (χ0v) is 11.3. The van der Waals surface area contributed by atoms with E-state index in [1.54, 1.807) is 0 Å². The van der Waals surface area contributed by atoms with Crippen molar-refractivity contribution in [2.45, 2.75) is 0 Å². The number of nitrogens with zero attached hydrogens (tertiary/aromatic N) is 4. The Labute approximate surface area is 123 Å². The number of aromatic hydroxyl groups is 1. The highest BCUT2D eigenvalue weighted by molar-refractivity contribution is 6.36. The van der Waals surface area contributed by atoms with E-state index in [0.717, 1.165) is 0 Å². The molecule has 1 aromatic carbocycles. The molecular formula is C12H6Cl2N4O2. The van der Waals surface area contributed by atoms with E-state index in [4.69, 9.17) is 28.7 Å². The molecule has 1 aromatic heterocycles. The molecule has 0 atom stereocenters. The van der Waals surface area contributed by atoms with Gasteiger partial charge in [0.2, 0.25) is 0 Å². The van der Waals surface area contributed by atoms with Crippen LogP contribution in [-0.2, 0) is 0 Å². The number of pyridine rings is 1. The highest BCUT2D eigenvalue weighted by atomic mass is 35.5. The summed E-state index contributed by atoms with van der Waals surface area (Å²) in [5.74, 6) is -1.19. The van der Waals surface area contributed by atoms with Crippen LogP contribution in [0, 0.1) is 0 Å². The Bertz CT molecular complexity index is 742. The molecule has 2 rings (SSSR count). The van der Waals surface area contributed by atoms with Gasteiger partial charge in [-0.3, -0.25) is 9.78 Å². The summed E-state index contributed by atoms with van der Waals surface area (Å²) >= 11 is 11.8. The highest BCUT2D eigenvalue weighted by Gasteiger charge is 2.13. The third-order valence-electron chi connectivity index (χ3n) is 2.44. The van der Waals surface area contributed by atoms with Crippen LogP contribution in [0.3, 0.4) is 0 Å². The Kier molecular flexibility index (Phi) is 4.10. The van der Waals surface area contributed by atoms with Crippen LogP contribution in [0.25, 0.3) is 21.7 Å². The summed E-state index contributed by atoms with van der Waals surface area (Å²) in [6, 6.07) is 5.68. The van der Waals surface area contributed by atoms with Crippen molar-refractivity contribution in [3.63, 3.8) is 0 Å². The molecule has 1 amide bonds. The first-order valence-electron chi connectivity index (χ1n) is 5.27. The summed E-state index contributed by atoms with van der Waals surface area (Å²) in [6.45, 7) is 0. The van der Waals surface area contributed by atoms with Crippen LogP contribution < -0.4 is 0 Å². The third kappa shape index (κ3) is 2.83. The van der Waals surface area contributed by atoms with E-state index in [9.17, 15) is 9.90 Å². The maximum absolute atomic E-state index is 11.4. The Hall–Kier alpha value is -2.27. The molecule has 1 N–H and O–H groups in total. The number of amides is 1. The van der Waals surface area contributed by atoms with E-state index in [1.165, 1.54) is 30.5 Å². The van der Waals surface area contributed by atoms with E-state index >= 15 is 0 Å². The number of aromatic nitrogens is 1. The van der Waals surface area contributed by atoms with Crippen molar-refractivity contribution in [2.24, 2.45) is 5.11 Å². The average Bonchev–Trinajstić information content (AvgIpc) is 2.38. The van der Waals surface area contributed by atoms with Crippen molar-refractivity contribution < 1.29 is 9.90 Å². The minimum atomic E-state index is -0.869. The van der Waals surface area contributed by atoms with Crippen molar-refractivity contribution in [2.75, 3.05) is 0 Å². The fourth-order valence-electron chi connectivity index (χ4n) is 1.58. The predicted octanol–water partition coefficient (Wildman–Crippen LogP) is 4.21. The zero-order chi connectivity index (χ0) is 14.7. The van der Waals surface area contributed by atoms with Crippen LogP contribution in [0.4, 0.5) is 0 Å². The molecule has 0 spiro atoms. The molecule has 20 heavy (non-hydrogen) atoms. The zero-order valence-electron chi connectivity index (χ0n) is 9.79. The number of benzene rings is 1. The smallest absolute Gasteiger partial charge is 0.252 e. The topological polar surface area (TPSA) is 99.0 Å². The second-order valence-electron chi connectivity index (χ2n) is 3.71. The van der Waals surface area contributed by atoms with Gasteiger partial charge in [-0.1, -0.05) is 29.3 Å². The Morgan fingerprint density at radius 2 is 2.10 bits per heavy atom. The Morgan fingerprint density at radius 1 is 1.35 bits per heavy atom. The molecule has 0 saturated carbocycles. The van der Waals surface area contributed by atoms with Crippen LogP contribution in [0.15, 0.2) is 35.6 Å². The van der Waals surface area contributed by atoms with Crippen molar-refractivity contribution in [3.8, 4) is 17.0 Å². The molecule has 2 aromatic rings. The van der Waals surface area contributed by atoms with Gasteiger partial charge in [0.1, 0.15) is 5.75 Å². The second kappa shape index (κ2) is 5.79. The van der Waals surface area contributed by atoms with Crippen LogP contribution in [-0.4, -0.2) is 16.0 Å². The van der Waals surface area contributed by atoms with Gasteiger partial charge in [0.25, 0.3) is 5.91 Å². The monoisotopic (exact) mass is 308 g/mol. The number of hydrogen-bond acceptors (Lipinski definition) is 3. The van der Waals surface area contributed by atoms with Gasteiger partial charge in [0.05, 0.1) is 21.3 Å². The van der Waals surface area contributed by atoms with Gasteiger partial charge in [0.15, 0.2) is 0 Å². The third-order valence-corrected chi connectivity index (χ3v) is 2.94. The lowest BCUT2D eigenvalue weighted by atomic mass is 10.1. The first-order chi connectivity index (χ1) is 9.52. The molecule has 0 radical (unpaired) electrons. The summed E-state index contributed by atoms with van der Waals surface area (Å²) in [5, 5.41) is 13.4. The maximum atomic E-state index is 11.4. The van der Waals surface area contributed by atoms with Crippen molar-refractivity contribution in [1.29, 1.82) is 0 Å². The second-order valence-corrected chi connectivity index (χ2v) is 4.55. The SMILES string of the molecule is [N-]=[N+]=NC(=O)c1ccc(-c2ncc(Cl)cc2Cl)cc1O. The maximum Gasteiger partial charge on any atom is 0.252 e. The molecule has 0 fully saturated rings. The molecule has 0 saturated heterocycles. The van der Waals surface area contributed by atoms with Gasteiger partial charge in [-0.15, -0.1) is 0 Å². The van der Waals surface area contributed by atoms with Crippen LogP contribution in [0.2, 0.25) is 10.0 Å². The summed E-state index contributed by atoms with van der Waals surface area (Å²) in [6.07, 6.45) is 1.42. The number of halogens is 2. The van der Waals surface area contributed by atoms with Crippen LogP contribution in [0.5, 0.6) is 5.75 Å². The molecule has 6 nitrogen and oxygen atoms in total. The first-order valence-corrected chi connectivity index (χ1v) is 6.02. The van der Waals surface area contributed by atoms with Crippen LogP contribution in [0.1, 0.15) is 10.4 Å². The van der Waals surface area contributed by atoms with Gasteiger partial charge in [-0.25, -0.2) is 0 Å². The van der Waals surface area contributed by atoms with E-state index in [-0.39, 0.29) is 11.3 Å². The molecule has 0 aliphatic rings. The molecule has 8 heteroatoms. The van der Waals surface area contributed by atoms with E-state index < -0.39 is 5.91 Å². The predicted molar refractivity (Wildman–Crippen MR) is 74.8 cm³/mol. The standard InChI is InChI=1S/C12H6Cl2N4O2/c13-7-4-9(14)11(16-5-7)6-1-2-8(10(19)3-6)12(20)17-18-15/h1-5,19H. The summed E-state index contributed by atoms with van der Waals surface area (Å²) in [7, 11) is 0. The molecule has 0 bridgehead atoms. The Balaban J connectivity index is 2.48.